The molecule has 2 amide bonds. The molecule has 9 heteroatoms. The van der Waals surface area contributed by atoms with Crippen LogP contribution in [0, 0.1) is 0 Å². The van der Waals surface area contributed by atoms with E-state index < -0.39 is 6.04 Å². The summed E-state index contributed by atoms with van der Waals surface area (Å²) in [6.45, 7) is 0. The number of benzodiazepines with no additional fused rings is 1. The fraction of sp³-hybridized carbons (Fsp3) is 0.107. The first-order valence-electron chi connectivity index (χ1n) is 11.5. The molecular formula is C28H21BrClN5O2. The Morgan fingerprint density at radius 2 is 1.70 bits per heavy atom. The summed E-state index contributed by atoms with van der Waals surface area (Å²) in [6.07, 6.45) is 5.28. The average molecular weight is 575 g/mol. The van der Waals surface area contributed by atoms with Crippen LogP contribution in [0.2, 0.25) is 5.02 Å². The van der Waals surface area contributed by atoms with Crippen molar-refractivity contribution in [3.63, 3.8) is 0 Å². The number of rotatable bonds is 6. The summed E-state index contributed by atoms with van der Waals surface area (Å²) in [5.41, 5.74) is 5.25. The second kappa shape index (κ2) is 11.0. The van der Waals surface area contributed by atoms with Crippen molar-refractivity contribution < 1.29 is 9.59 Å². The number of benzene rings is 3. The number of aromatic nitrogens is 2. The highest BCUT2D eigenvalue weighted by Gasteiger charge is 2.26. The predicted octanol–water partition coefficient (Wildman–Crippen LogP) is 5.47. The summed E-state index contributed by atoms with van der Waals surface area (Å²) >= 11 is 9.68. The topological polar surface area (TPSA) is 96.3 Å². The Morgan fingerprint density at radius 1 is 0.973 bits per heavy atom. The Hall–Kier alpha value is -3.88. The van der Waals surface area contributed by atoms with Gasteiger partial charge in [0, 0.05) is 45.1 Å². The number of aliphatic imine (C=N–C) groups is 1. The summed E-state index contributed by atoms with van der Waals surface area (Å²) in [5.74, 6) is -0.367. The maximum atomic E-state index is 13.1. The van der Waals surface area contributed by atoms with Crippen LogP contribution in [0.3, 0.4) is 0 Å². The zero-order valence-electron chi connectivity index (χ0n) is 19.5. The van der Waals surface area contributed by atoms with E-state index in [4.69, 9.17) is 16.6 Å². The summed E-state index contributed by atoms with van der Waals surface area (Å²) in [5, 5.41) is 6.40. The van der Waals surface area contributed by atoms with Gasteiger partial charge in [0.2, 0.25) is 11.8 Å². The van der Waals surface area contributed by atoms with Gasteiger partial charge in [-0.05, 0) is 53.6 Å². The number of anilines is 2. The third kappa shape index (κ3) is 6.10. The van der Waals surface area contributed by atoms with Crippen molar-refractivity contribution in [1.29, 1.82) is 0 Å². The molecule has 0 saturated heterocycles. The number of hydrogen-bond acceptors (Lipinski definition) is 5. The summed E-state index contributed by atoms with van der Waals surface area (Å²) in [4.78, 5) is 38.4. The molecule has 2 heterocycles. The Labute approximate surface area is 227 Å². The molecule has 7 nitrogen and oxygen atoms in total. The molecule has 1 aromatic heterocycles. The van der Waals surface area contributed by atoms with Gasteiger partial charge in [-0.15, -0.1) is 0 Å². The maximum absolute atomic E-state index is 13.1. The predicted molar refractivity (Wildman–Crippen MR) is 148 cm³/mol. The van der Waals surface area contributed by atoms with Crippen LogP contribution in [-0.4, -0.2) is 33.5 Å². The molecule has 0 bridgehead atoms. The average Bonchev–Trinajstić information content (AvgIpc) is 3.02. The number of carbonyl (C=O) groups excluding carboxylic acids is 2. The molecule has 0 aliphatic carbocycles. The number of hydrogen-bond donors (Lipinski definition) is 2. The minimum atomic E-state index is -0.630. The first-order valence-corrected chi connectivity index (χ1v) is 12.7. The van der Waals surface area contributed by atoms with Gasteiger partial charge in [0.1, 0.15) is 12.4 Å². The number of nitrogens with zero attached hydrogens (tertiary/aromatic N) is 3. The van der Waals surface area contributed by atoms with Gasteiger partial charge in [-0.1, -0.05) is 51.8 Å². The summed E-state index contributed by atoms with van der Waals surface area (Å²) in [6, 6.07) is 20.0. The first-order chi connectivity index (χ1) is 17.9. The summed E-state index contributed by atoms with van der Waals surface area (Å²) < 4.78 is 0.970. The number of halogens is 2. The lowest BCUT2D eigenvalue weighted by atomic mass is 10.00. The van der Waals surface area contributed by atoms with E-state index in [0.29, 0.717) is 28.5 Å². The van der Waals surface area contributed by atoms with Crippen molar-refractivity contribution in [1.82, 2.24) is 9.97 Å². The van der Waals surface area contributed by atoms with Crippen LogP contribution in [0.5, 0.6) is 0 Å². The highest BCUT2D eigenvalue weighted by molar-refractivity contribution is 9.10. The largest absolute Gasteiger partial charge is 0.326 e. The molecule has 37 heavy (non-hydrogen) atoms. The van der Waals surface area contributed by atoms with E-state index in [9.17, 15) is 9.59 Å². The molecule has 3 aromatic carbocycles. The Morgan fingerprint density at radius 3 is 2.43 bits per heavy atom. The molecule has 1 atom stereocenters. The van der Waals surface area contributed by atoms with Gasteiger partial charge in [-0.25, -0.2) is 9.97 Å². The molecule has 0 fully saturated rings. The van der Waals surface area contributed by atoms with Gasteiger partial charge in [-0.2, -0.15) is 0 Å². The zero-order valence-corrected chi connectivity index (χ0v) is 21.8. The monoisotopic (exact) mass is 573 g/mol. The highest BCUT2D eigenvalue weighted by atomic mass is 79.9. The van der Waals surface area contributed by atoms with Crippen LogP contribution in [0.1, 0.15) is 22.3 Å². The Bertz CT molecular complexity index is 1480. The van der Waals surface area contributed by atoms with Gasteiger partial charge in [0.15, 0.2) is 0 Å². The van der Waals surface area contributed by atoms with Crippen molar-refractivity contribution in [2.45, 2.75) is 18.9 Å². The van der Waals surface area contributed by atoms with Gasteiger partial charge in [0.05, 0.1) is 17.8 Å². The number of fused-ring (bicyclic) bond motifs is 1. The van der Waals surface area contributed by atoms with Crippen LogP contribution in [0.25, 0.3) is 0 Å². The van der Waals surface area contributed by atoms with E-state index in [1.807, 2.05) is 54.6 Å². The van der Waals surface area contributed by atoms with Crippen LogP contribution >= 0.6 is 27.5 Å². The van der Waals surface area contributed by atoms with Gasteiger partial charge in [0.25, 0.3) is 0 Å². The zero-order chi connectivity index (χ0) is 25.8. The first kappa shape index (κ1) is 24.8. The van der Waals surface area contributed by atoms with E-state index >= 15 is 0 Å². The molecule has 1 unspecified atom stereocenters. The summed E-state index contributed by atoms with van der Waals surface area (Å²) in [7, 11) is 0. The molecule has 0 saturated carbocycles. The van der Waals surface area contributed by atoms with E-state index in [-0.39, 0.29) is 18.2 Å². The second-order valence-electron chi connectivity index (χ2n) is 8.55. The van der Waals surface area contributed by atoms with Crippen molar-refractivity contribution in [2.24, 2.45) is 4.99 Å². The quantitative estimate of drug-likeness (QED) is 0.319. The maximum Gasteiger partial charge on any atom is 0.249 e. The smallest absolute Gasteiger partial charge is 0.249 e. The highest BCUT2D eigenvalue weighted by Crippen LogP contribution is 2.29. The minimum Gasteiger partial charge on any atom is -0.326 e. The van der Waals surface area contributed by atoms with E-state index in [1.54, 1.807) is 24.5 Å². The fourth-order valence-corrected chi connectivity index (χ4v) is 4.50. The molecule has 4 aromatic rings. The molecule has 5 rings (SSSR count). The molecule has 1 aliphatic heterocycles. The number of amides is 2. The lowest BCUT2D eigenvalue weighted by Gasteiger charge is -2.12. The van der Waals surface area contributed by atoms with Gasteiger partial charge >= 0.3 is 0 Å². The second-order valence-corrected chi connectivity index (χ2v) is 9.90. The van der Waals surface area contributed by atoms with Crippen LogP contribution in [0.4, 0.5) is 11.4 Å². The van der Waals surface area contributed by atoms with E-state index in [0.717, 1.165) is 26.7 Å². The fourth-order valence-electron chi connectivity index (χ4n) is 4.06. The van der Waals surface area contributed by atoms with Gasteiger partial charge < -0.3 is 10.6 Å². The molecule has 1 aliphatic rings. The standard InChI is InChI=1S/C28H21BrClN5O2/c29-20-5-1-17(2-6-20)11-25-28(37)35-24-13-21(30)7-10-23(24)27(34-25)19-3-8-22(9-4-19)33-26(36)12-18-14-31-16-32-15-18/h1-10,13-16,25H,11-12H2,(H,33,36)(H,35,37). The van der Waals surface area contributed by atoms with Crippen LogP contribution < -0.4 is 10.6 Å². The normalized spacial score (nSPS) is 14.7. The molecule has 184 valence electrons. The van der Waals surface area contributed by atoms with Crippen LogP contribution in [-0.2, 0) is 22.4 Å². The van der Waals surface area contributed by atoms with Crippen LogP contribution in [0.15, 0.2) is 94.9 Å². The van der Waals surface area contributed by atoms with Crippen molar-refractivity contribution >= 4 is 56.4 Å². The van der Waals surface area contributed by atoms with Gasteiger partial charge in [-0.3, -0.25) is 14.6 Å². The van der Waals surface area contributed by atoms with E-state index in [2.05, 4.69) is 36.5 Å². The SMILES string of the molecule is O=C(Cc1cncnc1)Nc1ccc(C2=NC(Cc3ccc(Br)cc3)C(=O)Nc3cc(Cl)ccc32)cc1. The van der Waals surface area contributed by atoms with Crippen molar-refractivity contribution in [2.75, 3.05) is 10.6 Å². The number of nitrogens with one attached hydrogen (secondary N) is 2. The Kier molecular flexibility index (Phi) is 7.39. The molecular weight excluding hydrogens is 554 g/mol. The minimum absolute atomic E-state index is 0.168. The third-order valence-electron chi connectivity index (χ3n) is 5.85. The van der Waals surface area contributed by atoms with Crippen molar-refractivity contribution in [3.05, 3.63) is 117 Å². The third-order valence-corrected chi connectivity index (χ3v) is 6.61. The molecule has 2 N–H and O–H groups in total. The lowest BCUT2D eigenvalue weighted by Crippen LogP contribution is -2.27. The van der Waals surface area contributed by atoms with Crippen molar-refractivity contribution in [3.8, 4) is 0 Å². The Balaban J connectivity index is 1.43. The number of carbonyl (C=O) groups is 2. The van der Waals surface area contributed by atoms with E-state index in [1.165, 1.54) is 6.33 Å². The molecule has 0 radical (unpaired) electrons. The lowest BCUT2D eigenvalue weighted by molar-refractivity contribution is -0.117. The molecule has 0 spiro atoms.